The Kier molecular flexibility index (Phi) is 9.17. The standard InChI is InChI=1S/C20H31N5O.HI/c1-21-20(22-16-19(26)23-17-8-4-2-5-9-17)25-14-12-24(13-15-25)18-10-6-3-7-11-18;/h3,6-7,10-11,17H,2,4-5,8-9,12-16H2,1H3,(H,21,22)(H,23,26);1H. The lowest BCUT2D eigenvalue weighted by atomic mass is 9.95. The topological polar surface area (TPSA) is 60.0 Å². The van der Waals surface area contributed by atoms with Crippen LogP contribution in [0.15, 0.2) is 35.3 Å². The molecule has 27 heavy (non-hydrogen) atoms. The first kappa shape index (κ1) is 21.8. The molecule has 1 saturated heterocycles. The van der Waals surface area contributed by atoms with Crippen molar-refractivity contribution < 1.29 is 4.79 Å². The van der Waals surface area contributed by atoms with Crippen LogP contribution in [-0.2, 0) is 4.79 Å². The molecular weight excluding hydrogens is 453 g/mol. The Morgan fingerprint density at radius 1 is 1.07 bits per heavy atom. The van der Waals surface area contributed by atoms with Gasteiger partial charge in [-0.1, -0.05) is 37.5 Å². The highest BCUT2D eigenvalue weighted by Crippen LogP contribution is 2.17. The number of guanidine groups is 1. The number of nitrogens with one attached hydrogen (secondary N) is 2. The molecule has 7 heteroatoms. The van der Waals surface area contributed by atoms with Gasteiger partial charge in [0.15, 0.2) is 5.96 Å². The van der Waals surface area contributed by atoms with E-state index in [0.717, 1.165) is 45.0 Å². The molecule has 1 amide bonds. The molecule has 3 rings (SSSR count). The fourth-order valence-corrected chi connectivity index (χ4v) is 3.83. The van der Waals surface area contributed by atoms with Gasteiger partial charge in [0.2, 0.25) is 5.91 Å². The normalized spacial score (nSPS) is 18.6. The van der Waals surface area contributed by atoms with Crippen LogP contribution in [-0.4, -0.2) is 62.6 Å². The number of para-hydroxylation sites is 1. The zero-order valence-electron chi connectivity index (χ0n) is 16.2. The zero-order chi connectivity index (χ0) is 18.2. The molecule has 0 bridgehead atoms. The number of hydrogen-bond donors (Lipinski definition) is 2. The van der Waals surface area contributed by atoms with Crippen LogP contribution >= 0.6 is 24.0 Å². The van der Waals surface area contributed by atoms with Gasteiger partial charge in [-0.2, -0.15) is 0 Å². The van der Waals surface area contributed by atoms with Crippen molar-refractivity contribution in [2.75, 3.05) is 44.7 Å². The SMILES string of the molecule is CN=C(NCC(=O)NC1CCCCC1)N1CCN(c2ccccc2)CC1.I. The van der Waals surface area contributed by atoms with Crippen molar-refractivity contribution >= 4 is 41.5 Å². The molecule has 0 radical (unpaired) electrons. The summed E-state index contributed by atoms with van der Waals surface area (Å²) in [5.41, 5.74) is 1.27. The minimum Gasteiger partial charge on any atom is -0.368 e. The predicted octanol–water partition coefficient (Wildman–Crippen LogP) is 2.45. The molecule has 0 spiro atoms. The number of piperazine rings is 1. The number of nitrogens with zero attached hydrogens (tertiary/aromatic N) is 3. The van der Waals surface area contributed by atoms with Gasteiger partial charge in [0.05, 0.1) is 6.54 Å². The van der Waals surface area contributed by atoms with Crippen LogP contribution in [0.25, 0.3) is 0 Å². The van der Waals surface area contributed by atoms with E-state index in [1.807, 2.05) is 6.07 Å². The molecular formula is C20H32IN5O. The Labute approximate surface area is 179 Å². The van der Waals surface area contributed by atoms with Crippen molar-refractivity contribution in [3.8, 4) is 0 Å². The van der Waals surface area contributed by atoms with E-state index >= 15 is 0 Å². The molecule has 0 unspecified atom stereocenters. The van der Waals surface area contributed by atoms with Crippen molar-refractivity contribution in [2.45, 2.75) is 38.1 Å². The molecule has 0 aromatic heterocycles. The summed E-state index contributed by atoms with van der Waals surface area (Å²) < 4.78 is 0. The fourth-order valence-electron chi connectivity index (χ4n) is 3.83. The van der Waals surface area contributed by atoms with Crippen LogP contribution in [0.3, 0.4) is 0 Å². The second-order valence-corrected chi connectivity index (χ2v) is 7.11. The van der Waals surface area contributed by atoms with Gasteiger partial charge in [-0.25, -0.2) is 0 Å². The molecule has 1 aliphatic heterocycles. The number of carbonyl (C=O) groups excluding carboxylic acids is 1. The summed E-state index contributed by atoms with van der Waals surface area (Å²) in [6.07, 6.45) is 5.98. The van der Waals surface area contributed by atoms with Crippen molar-refractivity contribution in [1.82, 2.24) is 15.5 Å². The molecule has 1 saturated carbocycles. The summed E-state index contributed by atoms with van der Waals surface area (Å²) in [4.78, 5) is 21.2. The second-order valence-electron chi connectivity index (χ2n) is 7.11. The molecule has 2 N–H and O–H groups in total. The fraction of sp³-hybridized carbons (Fsp3) is 0.600. The number of aliphatic imine (C=N–C) groups is 1. The lowest BCUT2D eigenvalue weighted by Gasteiger charge is -2.37. The highest BCUT2D eigenvalue weighted by atomic mass is 127. The van der Waals surface area contributed by atoms with Gasteiger partial charge in [0, 0.05) is 45.0 Å². The third-order valence-electron chi connectivity index (χ3n) is 5.29. The Morgan fingerprint density at radius 3 is 2.37 bits per heavy atom. The van der Waals surface area contributed by atoms with Crippen LogP contribution in [0.4, 0.5) is 5.69 Å². The Morgan fingerprint density at radius 2 is 1.74 bits per heavy atom. The second kappa shape index (κ2) is 11.4. The molecule has 1 heterocycles. The van der Waals surface area contributed by atoms with Crippen LogP contribution in [0.1, 0.15) is 32.1 Å². The van der Waals surface area contributed by atoms with Gasteiger partial charge in [0.25, 0.3) is 0 Å². The van der Waals surface area contributed by atoms with Crippen LogP contribution in [0.2, 0.25) is 0 Å². The van der Waals surface area contributed by atoms with Crippen molar-refractivity contribution in [3.63, 3.8) is 0 Å². The average Bonchev–Trinajstić information content (AvgIpc) is 2.70. The van der Waals surface area contributed by atoms with Crippen LogP contribution < -0.4 is 15.5 Å². The summed E-state index contributed by atoms with van der Waals surface area (Å²) in [5, 5.41) is 6.38. The predicted molar refractivity (Wildman–Crippen MR) is 122 cm³/mol. The maximum Gasteiger partial charge on any atom is 0.239 e. The number of benzene rings is 1. The van der Waals surface area contributed by atoms with Gasteiger partial charge in [0.1, 0.15) is 0 Å². The van der Waals surface area contributed by atoms with Gasteiger partial charge in [-0.05, 0) is 25.0 Å². The first-order chi connectivity index (χ1) is 12.8. The van der Waals surface area contributed by atoms with E-state index in [2.05, 4.69) is 49.7 Å². The van der Waals surface area contributed by atoms with Crippen LogP contribution in [0, 0.1) is 0 Å². The molecule has 1 aliphatic carbocycles. The highest BCUT2D eigenvalue weighted by Gasteiger charge is 2.21. The van der Waals surface area contributed by atoms with E-state index in [-0.39, 0.29) is 29.9 Å². The molecule has 2 fully saturated rings. The number of halogens is 1. The van der Waals surface area contributed by atoms with E-state index < -0.39 is 0 Å². The third-order valence-corrected chi connectivity index (χ3v) is 5.29. The summed E-state index contributed by atoms with van der Waals surface area (Å²) in [5.74, 6) is 0.887. The monoisotopic (exact) mass is 485 g/mol. The quantitative estimate of drug-likeness (QED) is 0.391. The Balaban J connectivity index is 0.00000261. The average molecular weight is 485 g/mol. The van der Waals surface area contributed by atoms with Gasteiger partial charge in [-0.3, -0.25) is 9.79 Å². The minimum atomic E-state index is 0. The van der Waals surface area contributed by atoms with E-state index in [9.17, 15) is 4.79 Å². The number of carbonyl (C=O) groups is 1. The number of hydrogen-bond acceptors (Lipinski definition) is 3. The van der Waals surface area contributed by atoms with Gasteiger partial charge >= 0.3 is 0 Å². The summed E-state index contributed by atoms with van der Waals surface area (Å²) in [7, 11) is 1.78. The Hall–Kier alpha value is -1.51. The van der Waals surface area contributed by atoms with Gasteiger partial charge in [-0.15, -0.1) is 24.0 Å². The largest absolute Gasteiger partial charge is 0.368 e. The zero-order valence-corrected chi connectivity index (χ0v) is 18.5. The summed E-state index contributed by atoms with van der Waals surface area (Å²) in [6.45, 7) is 4.01. The summed E-state index contributed by atoms with van der Waals surface area (Å²) in [6, 6.07) is 10.9. The number of rotatable bonds is 4. The van der Waals surface area contributed by atoms with Gasteiger partial charge < -0.3 is 20.4 Å². The van der Waals surface area contributed by atoms with Crippen molar-refractivity contribution in [2.24, 2.45) is 4.99 Å². The third kappa shape index (κ3) is 6.55. The first-order valence-electron chi connectivity index (χ1n) is 9.81. The minimum absolute atomic E-state index is 0. The smallest absolute Gasteiger partial charge is 0.239 e. The lowest BCUT2D eigenvalue weighted by Crippen LogP contribution is -2.54. The molecule has 1 aromatic carbocycles. The Bertz CT molecular complexity index is 596. The van der Waals surface area contributed by atoms with Crippen molar-refractivity contribution in [3.05, 3.63) is 30.3 Å². The maximum absolute atomic E-state index is 12.2. The lowest BCUT2D eigenvalue weighted by molar-refractivity contribution is -0.120. The van der Waals surface area contributed by atoms with E-state index in [1.165, 1.54) is 24.9 Å². The molecule has 0 atom stereocenters. The number of anilines is 1. The van der Waals surface area contributed by atoms with Crippen LogP contribution in [0.5, 0.6) is 0 Å². The summed E-state index contributed by atoms with van der Waals surface area (Å²) >= 11 is 0. The van der Waals surface area contributed by atoms with E-state index in [0.29, 0.717) is 12.6 Å². The first-order valence-corrected chi connectivity index (χ1v) is 9.81. The number of amides is 1. The molecule has 2 aliphatic rings. The highest BCUT2D eigenvalue weighted by molar-refractivity contribution is 14.0. The molecule has 1 aromatic rings. The molecule has 150 valence electrons. The maximum atomic E-state index is 12.2. The van der Waals surface area contributed by atoms with Crippen molar-refractivity contribution in [1.29, 1.82) is 0 Å². The molecule has 6 nitrogen and oxygen atoms in total. The van der Waals surface area contributed by atoms with E-state index in [1.54, 1.807) is 7.05 Å². The van der Waals surface area contributed by atoms with E-state index in [4.69, 9.17) is 0 Å².